The van der Waals surface area contributed by atoms with Crippen molar-refractivity contribution in [3.8, 4) is 0 Å². The number of nitrogens with zero attached hydrogens (tertiary/aromatic N) is 1. The number of hydrogen-bond acceptors (Lipinski definition) is 4. The second-order valence-electron chi connectivity index (χ2n) is 4.73. The molecule has 6 heteroatoms. The first-order valence-corrected chi connectivity index (χ1v) is 7.30. The van der Waals surface area contributed by atoms with Crippen LogP contribution < -0.4 is 5.32 Å². The highest BCUT2D eigenvalue weighted by Gasteiger charge is 2.18. The van der Waals surface area contributed by atoms with Gasteiger partial charge < -0.3 is 15.3 Å². The minimum Gasteiger partial charge on any atom is -0.481 e. The van der Waals surface area contributed by atoms with Gasteiger partial charge >= 0.3 is 5.97 Å². The van der Waals surface area contributed by atoms with E-state index in [1.165, 1.54) is 0 Å². The summed E-state index contributed by atoms with van der Waals surface area (Å²) >= 11 is 0. The van der Waals surface area contributed by atoms with E-state index in [0.717, 1.165) is 5.56 Å². The van der Waals surface area contributed by atoms with Crippen LogP contribution in [0.3, 0.4) is 0 Å². The first kappa shape index (κ1) is 17.7. The molecular weight excluding hydrogens is 284 g/mol. The van der Waals surface area contributed by atoms with Gasteiger partial charge in [0.2, 0.25) is 5.91 Å². The summed E-state index contributed by atoms with van der Waals surface area (Å²) in [7, 11) is 0. The van der Waals surface area contributed by atoms with Crippen molar-refractivity contribution in [3.05, 3.63) is 35.9 Å². The van der Waals surface area contributed by atoms with Crippen molar-refractivity contribution in [2.45, 2.75) is 39.2 Å². The summed E-state index contributed by atoms with van der Waals surface area (Å²) in [5.74, 6) is -1.23. The van der Waals surface area contributed by atoms with Crippen LogP contribution in [0, 0.1) is 0 Å². The third kappa shape index (κ3) is 6.39. The van der Waals surface area contributed by atoms with Crippen molar-refractivity contribution in [3.63, 3.8) is 0 Å². The van der Waals surface area contributed by atoms with Crippen LogP contribution >= 0.6 is 0 Å². The van der Waals surface area contributed by atoms with Gasteiger partial charge in [-0.25, -0.2) is 0 Å². The molecule has 0 aromatic heterocycles. The number of carbonyl (C=O) groups excluding carboxylic acids is 1. The first-order valence-electron chi connectivity index (χ1n) is 7.30. The van der Waals surface area contributed by atoms with E-state index < -0.39 is 12.0 Å². The number of carboxylic acids is 1. The Morgan fingerprint density at radius 1 is 1.27 bits per heavy atom. The van der Waals surface area contributed by atoms with Crippen LogP contribution in [0.25, 0.3) is 0 Å². The summed E-state index contributed by atoms with van der Waals surface area (Å²) in [5.41, 5.74) is 1.39. The number of oxime groups is 1. The standard InChI is InChI=1S/C16H22N2O4/c1-3-13(18-22-4-2)10-15(19)17-14(11-16(20)21)12-8-6-5-7-9-12/h5-9,14H,3-4,10-11H2,1-2H3,(H,17,19)(H,20,21)/b18-13+. The fraction of sp³-hybridized carbons (Fsp3) is 0.438. The van der Waals surface area contributed by atoms with Crippen molar-refractivity contribution >= 4 is 17.6 Å². The predicted molar refractivity (Wildman–Crippen MR) is 83.5 cm³/mol. The third-order valence-corrected chi connectivity index (χ3v) is 3.01. The van der Waals surface area contributed by atoms with Crippen molar-refractivity contribution in [1.29, 1.82) is 0 Å². The van der Waals surface area contributed by atoms with E-state index in [1.807, 2.05) is 32.0 Å². The van der Waals surface area contributed by atoms with E-state index in [9.17, 15) is 9.59 Å². The molecule has 0 bridgehead atoms. The molecule has 1 aromatic carbocycles. The minimum atomic E-state index is -0.965. The molecule has 120 valence electrons. The molecule has 1 aromatic rings. The molecule has 0 aliphatic rings. The molecule has 1 rings (SSSR count). The number of nitrogens with one attached hydrogen (secondary N) is 1. The molecule has 1 unspecified atom stereocenters. The molecule has 0 saturated carbocycles. The average Bonchev–Trinajstić information content (AvgIpc) is 2.51. The second kappa shape index (κ2) is 9.55. The lowest BCUT2D eigenvalue weighted by Crippen LogP contribution is -2.31. The maximum Gasteiger partial charge on any atom is 0.305 e. The Morgan fingerprint density at radius 3 is 2.50 bits per heavy atom. The highest BCUT2D eigenvalue weighted by Crippen LogP contribution is 2.16. The second-order valence-corrected chi connectivity index (χ2v) is 4.73. The molecule has 0 aliphatic heterocycles. The number of hydrogen-bond donors (Lipinski definition) is 2. The monoisotopic (exact) mass is 306 g/mol. The van der Waals surface area contributed by atoms with Crippen LogP contribution in [0.15, 0.2) is 35.5 Å². The molecule has 0 fully saturated rings. The van der Waals surface area contributed by atoms with Gasteiger partial charge in [0.15, 0.2) is 0 Å². The summed E-state index contributed by atoms with van der Waals surface area (Å²) < 4.78 is 0. The van der Waals surface area contributed by atoms with Crippen LogP contribution in [-0.4, -0.2) is 29.3 Å². The molecule has 0 radical (unpaired) electrons. The molecule has 6 nitrogen and oxygen atoms in total. The lowest BCUT2D eigenvalue weighted by Gasteiger charge is -2.17. The van der Waals surface area contributed by atoms with Gasteiger partial charge in [0.05, 0.1) is 24.6 Å². The van der Waals surface area contributed by atoms with Crippen molar-refractivity contribution in [2.24, 2.45) is 5.16 Å². The molecule has 0 saturated heterocycles. The van der Waals surface area contributed by atoms with Crippen LogP contribution in [0.5, 0.6) is 0 Å². The van der Waals surface area contributed by atoms with Crippen molar-refractivity contribution in [2.75, 3.05) is 6.61 Å². The molecule has 0 heterocycles. The maximum atomic E-state index is 12.1. The van der Waals surface area contributed by atoms with E-state index in [-0.39, 0.29) is 18.7 Å². The first-order chi connectivity index (χ1) is 10.6. The van der Waals surface area contributed by atoms with Crippen molar-refractivity contribution < 1.29 is 19.5 Å². The van der Waals surface area contributed by atoms with Gasteiger partial charge in [-0.3, -0.25) is 9.59 Å². The van der Waals surface area contributed by atoms with Gasteiger partial charge in [-0.05, 0) is 18.9 Å². The minimum absolute atomic E-state index is 0.0967. The predicted octanol–water partition coefficient (Wildman–Crippen LogP) is 2.51. The number of carbonyl (C=O) groups is 2. The van der Waals surface area contributed by atoms with Gasteiger partial charge in [-0.15, -0.1) is 0 Å². The lowest BCUT2D eigenvalue weighted by molar-refractivity contribution is -0.137. The van der Waals surface area contributed by atoms with Gasteiger partial charge in [-0.1, -0.05) is 42.4 Å². The van der Waals surface area contributed by atoms with Crippen LogP contribution in [0.4, 0.5) is 0 Å². The number of benzene rings is 1. The summed E-state index contributed by atoms with van der Waals surface area (Å²) in [5, 5.41) is 15.6. The Hall–Kier alpha value is -2.37. The summed E-state index contributed by atoms with van der Waals surface area (Å²) in [4.78, 5) is 28.0. The van der Waals surface area contributed by atoms with Gasteiger partial charge in [-0.2, -0.15) is 0 Å². The van der Waals surface area contributed by atoms with Crippen molar-refractivity contribution in [1.82, 2.24) is 5.32 Å². The largest absolute Gasteiger partial charge is 0.481 e. The highest BCUT2D eigenvalue weighted by atomic mass is 16.6. The zero-order valence-corrected chi connectivity index (χ0v) is 12.9. The average molecular weight is 306 g/mol. The topological polar surface area (TPSA) is 88.0 Å². The smallest absolute Gasteiger partial charge is 0.305 e. The van der Waals surface area contributed by atoms with Gasteiger partial charge in [0.25, 0.3) is 0 Å². The van der Waals surface area contributed by atoms with Crippen LogP contribution in [0.1, 0.15) is 44.7 Å². The number of aliphatic carboxylic acids is 1. The maximum absolute atomic E-state index is 12.1. The van der Waals surface area contributed by atoms with E-state index in [4.69, 9.17) is 9.94 Å². The van der Waals surface area contributed by atoms with E-state index in [2.05, 4.69) is 10.5 Å². The fourth-order valence-corrected chi connectivity index (χ4v) is 1.92. The van der Waals surface area contributed by atoms with E-state index >= 15 is 0 Å². The molecule has 0 spiro atoms. The van der Waals surface area contributed by atoms with Crippen LogP contribution in [0.2, 0.25) is 0 Å². The zero-order chi connectivity index (χ0) is 16.4. The van der Waals surface area contributed by atoms with Gasteiger partial charge in [0.1, 0.15) is 6.61 Å². The summed E-state index contributed by atoms with van der Waals surface area (Å²) in [6.45, 7) is 4.14. The number of amides is 1. The third-order valence-electron chi connectivity index (χ3n) is 3.01. The molecule has 1 amide bonds. The number of rotatable bonds is 9. The Kier molecular flexibility index (Phi) is 7.67. The Morgan fingerprint density at radius 2 is 1.95 bits per heavy atom. The number of carboxylic acid groups (broad SMARTS) is 1. The normalized spacial score (nSPS) is 12.5. The Bertz CT molecular complexity index is 514. The molecule has 0 aliphatic carbocycles. The fourth-order valence-electron chi connectivity index (χ4n) is 1.92. The van der Waals surface area contributed by atoms with E-state index in [0.29, 0.717) is 18.7 Å². The lowest BCUT2D eigenvalue weighted by atomic mass is 10.0. The summed E-state index contributed by atoms with van der Waals surface area (Å²) in [6, 6.07) is 8.49. The quantitative estimate of drug-likeness (QED) is 0.542. The molecular formula is C16H22N2O4. The Labute approximate surface area is 130 Å². The van der Waals surface area contributed by atoms with E-state index in [1.54, 1.807) is 12.1 Å². The SMILES string of the molecule is CCO/N=C(\CC)CC(=O)NC(CC(=O)O)c1ccccc1. The molecule has 1 atom stereocenters. The Balaban J connectivity index is 2.73. The highest BCUT2D eigenvalue weighted by molar-refractivity contribution is 6.00. The van der Waals surface area contributed by atoms with Crippen LogP contribution in [-0.2, 0) is 14.4 Å². The zero-order valence-electron chi connectivity index (χ0n) is 12.9. The molecule has 2 N–H and O–H groups in total. The summed E-state index contributed by atoms with van der Waals surface area (Å²) in [6.07, 6.45) is 0.529. The molecule has 22 heavy (non-hydrogen) atoms. The van der Waals surface area contributed by atoms with Gasteiger partial charge in [0, 0.05) is 0 Å².